The monoisotopic (exact) mass is 308 g/mol. The first-order valence-corrected chi connectivity index (χ1v) is 7.15. The van der Waals surface area contributed by atoms with Gasteiger partial charge in [-0.15, -0.1) is 11.3 Å². The number of carbonyl (C=O) groups excluding carboxylic acids is 1. The molecule has 0 bridgehead atoms. The van der Waals surface area contributed by atoms with Crippen molar-refractivity contribution in [3.63, 3.8) is 0 Å². The number of nitrogens with zero attached hydrogens (tertiary/aromatic N) is 2. The predicted molar refractivity (Wildman–Crippen MR) is 77.8 cm³/mol. The zero-order valence-corrected chi connectivity index (χ0v) is 12.0. The highest BCUT2D eigenvalue weighted by molar-refractivity contribution is 7.15. The Morgan fingerprint density at radius 3 is 3.05 bits per heavy atom. The predicted octanol–water partition coefficient (Wildman–Crippen LogP) is 2.74. The third-order valence-electron chi connectivity index (χ3n) is 2.82. The maximum absolute atomic E-state index is 12.5. The van der Waals surface area contributed by atoms with Crippen molar-refractivity contribution in [3.05, 3.63) is 44.6 Å². The Hall–Kier alpha value is -1.92. The third kappa shape index (κ3) is 1.88. The van der Waals surface area contributed by atoms with Gasteiger partial charge >= 0.3 is 5.97 Å². The van der Waals surface area contributed by atoms with Crippen LogP contribution in [0.25, 0.3) is 15.9 Å². The molecular formula is C13H9ClN2O3S. The van der Waals surface area contributed by atoms with Crippen LogP contribution in [0.15, 0.2) is 28.4 Å². The number of hydrogen-bond donors (Lipinski definition) is 0. The van der Waals surface area contributed by atoms with Crippen molar-refractivity contribution in [2.75, 3.05) is 6.61 Å². The van der Waals surface area contributed by atoms with Crippen LogP contribution in [-0.2, 0) is 4.74 Å². The second-order valence-electron chi connectivity index (χ2n) is 4.01. The molecule has 0 spiro atoms. The Morgan fingerprint density at radius 1 is 1.50 bits per heavy atom. The molecule has 0 saturated carbocycles. The van der Waals surface area contributed by atoms with E-state index in [4.69, 9.17) is 16.3 Å². The van der Waals surface area contributed by atoms with Crippen molar-refractivity contribution < 1.29 is 9.53 Å². The summed E-state index contributed by atoms with van der Waals surface area (Å²) in [4.78, 5) is 29.2. The molecule has 102 valence electrons. The minimum absolute atomic E-state index is 0.172. The van der Waals surface area contributed by atoms with Gasteiger partial charge in [0.05, 0.1) is 22.5 Å². The maximum Gasteiger partial charge on any atom is 0.356 e. The summed E-state index contributed by atoms with van der Waals surface area (Å²) in [7, 11) is 0. The molecule has 2 heterocycles. The molecule has 7 heteroatoms. The van der Waals surface area contributed by atoms with Crippen molar-refractivity contribution in [2.24, 2.45) is 0 Å². The lowest BCUT2D eigenvalue weighted by Gasteiger charge is -2.03. The zero-order valence-electron chi connectivity index (χ0n) is 10.4. The molecule has 0 aliphatic heterocycles. The molecule has 3 rings (SSSR count). The van der Waals surface area contributed by atoms with E-state index in [9.17, 15) is 9.59 Å². The Bertz CT molecular complexity index is 884. The number of benzene rings is 1. The van der Waals surface area contributed by atoms with Crippen molar-refractivity contribution in [1.82, 2.24) is 9.38 Å². The van der Waals surface area contributed by atoms with Crippen LogP contribution in [0.2, 0.25) is 5.02 Å². The maximum atomic E-state index is 12.5. The zero-order chi connectivity index (χ0) is 14.3. The van der Waals surface area contributed by atoms with Gasteiger partial charge in [-0.25, -0.2) is 14.2 Å². The lowest BCUT2D eigenvalue weighted by molar-refractivity contribution is 0.0518. The van der Waals surface area contributed by atoms with E-state index in [1.807, 2.05) is 0 Å². The van der Waals surface area contributed by atoms with Gasteiger partial charge in [-0.05, 0) is 19.1 Å². The standard InChI is InChI=1S/C13H9ClN2O3S/c1-2-19-12(18)9-6-20-13-15-8-5-3-4-7(14)10(8)11(17)16(9)13/h3-6H,2H2,1H3. The highest BCUT2D eigenvalue weighted by Crippen LogP contribution is 2.22. The van der Waals surface area contributed by atoms with Crippen molar-refractivity contribution in [1.29, 1.82) is 0 Å². The van der Waals surface area contributed by atoms with E-state index < -0.39 is 5.97 Å². The molecule has 0 aliphatic carbocycles. The largest absolute Gasteiger partial charge is 0.461 e. The second kappa shape index (κ2) is 4.88. The van der Waals surface area contributed by atoms with Crippen molar-refractivity contribution in [3.8, 4) is 0 Å². The third-order valence-corrected chi connectivity index (χ3v) is 3.96. The van der Waals surface area contributed by atoms with Gasteiger partial charge in [-0.3, -0.25) is 4.79 Å². The highest BCUT2D eigenvalue weighted by atomic mass is 35.5. The Morgan fingerprint density at radius 2 is 2.30 bits per heavy atom. The van der Waals surface area contributed by atoms with Crippen LogP contribution in [0.3, 0.4) is 0 Å². The topological polar surface area (TPSA) is 60.7 Å². The molecule has 20 heavy (non-hydrogen) atoms. The van der Waals surface area contributed by atoms with Gasteiger partial charge in [-0.1, -0.05) is 17.7 Å². The van der Waals surface area contributed by atoms with E-state index in [-0.39, 0.29) is 17.9 Å². The lowest BCUT2D eigenvalue weighted by Crippen LogP contribution is -2.20. The number of esters is 1. The first kappa shape index (κ1) is 13.1. The van der Waals surface area contributed by atoms with E-state index in [1.165, 1.54) is 15.7 Å². The van der Waals surface area contributed by atoms with Crippen LogP contribution in [0, 0.1) is 0 Å². The summed E-state index contributed by atoms with van der Waals surface area (Å²) in [6, 6.07) is 5.07. The summed E-state index contributed by atoms with van der Waals surface area (Å²) in [6.45, 7) is 1.95. The van der Waals surface area contributed by atoms with Crippen LogP contribution < -0.4 is 5.56 Å². The molecule has 0 amide bonds. The number of thiazole rings is 1. The summed E-state index contributed by atoms with van der Waals surface area (Å²) in [5.74, 6) is -0.547. The summed E-state index contributed by atoms with van der Waals surface area (Å²) >= 11 is 7.27. The van der Waals surface area contributed by atoms with Crippen LogP contribution in [0.1, 0.15) is 17.4 Å². The molecule has 1 aromatic carbocycles. The molecule has 0 N–H and O–H groups in total. The normalized spacial score (nSPS) is 11.1. The lowest BCUT2D eigenvalue weighted by atomic mass is 10.2. The molecule has 5 nitrogen and oxygen atoms in total. The van der Waals surface area contributed by atoms with Crippen LogP contribution in [-0.4, -0.2) is 22.0 Å². The van der Waals surface area contributed by atoms with Gasteiger partial charge < -0.3 is 4.74 Å². The van der Waals surface area contributed by atoms with Crippen LogP contribution in [0.5, 0.6) is 0 Å². The molecule has 0 atom stereocenters. The van der Waals surface area contributed by atoms with E-state index in [2.05, 4.69) is 4.98 Å². The SMILES string of the molecule is CCOC(=O)c1csc2nc3cccc(Cl)c3c(=O)n12. The number of rotatable bonds is 2. The smallest absolute Gasteiger partial charge is 0.356 e. The number of fused-ring (bicyclic) bond motifs is 2. The average molecular weight is 309 g/mol. The van der Waals surface area contributed by atoms with Crippen molar-refractivity contribution in [2.45, 2.75) is 6.92 Å². The Labute approximate surface area is 122 Å². The molecule has 0 saturated heterocycles. The Balaban J connectivity index is 2.41. The van der Waals surface area contributed by atoms with E-state index in [0.717, 1.165) is 0 Å². The molecule has 0 aliphatic rings. The van der Waals surface area contributed by atoms with Crippen LogP contribution in [0.4, 0.5) is 0 Å². The quantitative estimate of drug-likeness (QED) is 0.683. The van der Waals surface area contributed by atoms with Gasteiger partial charge in [0.2, 0.25) is 0 Å². The second-order valence-corrected chi connectivity index (χ2v) is 5.25. The minimum Gasteiger partial charge on any atom is -0.461 e. The summed E-state index contributed by atoms with van der Waals surface area (Å²) in [5.41, 5.74) is 0.325. The van der Waals surface area contributed by atoms with Crippen molar-refractivity contribution >= 4 is 44.8 Å². The molecule has 0 radical (unpaired) electrons. The van der Waals surface area contributed by atoms with E-state index in [1.54, 1.807) is 30.5 Å². The number of halogens is 1. The highest BCUT2D eigenvalue weighted by Gasteiger charge is 2.18. The van der Waals surface area contributed by atoms with Gasteiger partial charge in [0, 0.05) is 5.38 Å². The fourth-order valence-corrected chi connectivity index (χ4v) is 3.07. The summed E-state index contributed by atoms with van der Waals surface area (Å²) in [6.07, 6.45) is 0. The van der Waals surface area contributed by atoms with Crippen LogP contribution >= 0.6 is 22.9 Å². The van der Waals surface area contributed by atoms with Gasteiger partial charge in [0.25, 0.3) is 5.56 Å². The number of hydrogen-bond acceptors (Lipinski definition) is 5. The molecular weight excluding hydrogens is 300 g/mol. The van der Waals surface area contributed by atoms with E-state index in [0.29, 0.717) is 20.9 Å². The minimum atomic E-state index is -0.547. The Kier molecular flexibility index (Phi) is 3.19. The fourth-order valence-electron chi connectivity index (χ4n) is 1.97. The average Bonchev–Trinajstić information content (AvgIpc) is 2.83. The first-order chi connectivity index (χ1) is 9.63. The summed E-state index contributed by atoms with van der Waals surface area (Å²) in [5, 5.41) is 2.18. The molecule has 3 aromatic rings. The van der Waals surface area contributed by atoms with E-state index >= 15 is 0 Å². The van der Waals surface area contributed by atoms with Gasteiger partial charge in [0.1, 0.15) is 5.69 Å². The molecule has 0 unspecified atom stereocenters. The fraction of sp³-hybridized carbons (Fsp3) is 0.154. The number of ether oxygens (including phenoxy) is 1. The number of carbonyl (C=O) groups is 1. The molecule has 0 fully saturated rings. The first-order valence-electron chi connectivity index (χ1n) is 5.89. The molecule has 2 aromatic heterocycles. The van der Waals surface area contributed by atoms with Gasteiger partial charge in [0.15, 0.2) is 4.96 Å². The summed E-state index contributed by atoms with van der Waals surface area (Å²) < 4.78 is 6.19. The van der Waals surface area contributed by atoms with Gasteiger partial charge in [-0.2, -0.15) is 0 Å². The number of aromatic nitrogens is 2.